The summed E-state index contributed by atoms with van der Waals surface area (Å²) in [6.07, 6.45) is 1.67. The highest BCUT2D eigenvalue weighted by Crippen LogP contribution is 2.36. The lowest BCUT2D eigenvalue weighted by molar-refractivity contribution is 0.127. The van der Waals surface area contributed by atoms with E-state index in [0.29, 0.717) is 6.61 Å². The largest absolute Gasteiger partial charge is 0.496 e. The summed E-state index contributed by atoms with van der Waals surface area (Å²) in [5, 5.41) is 0. The first-order valence-corrected chi connectivity index (χ1v) is 8.28. The van der Waals surface area contributed by atoms with Crippen LogP contribution in [0.5, 0.6) is 5.75 Å². The fourth-order valence-electron chi connectivity index (χ4n) is 2.59. The quantitative estimate of drug-likeness (QED) is 0.862. The number of methoxy groups -OCH3 is 1. The number of ether oxygens (including phenoxy) is 2. The lowest BCUT2D eigenvalue weighted by Gasteiger charge is -2.16. The minimum atomic E-state index is -1.20. The summed E-state index contributed by atoms with van der Waals surface area (Å²) in [5.74, 6) is 0.844. The van der Waals surface area contributed by atoms with Gasteiger partial charge in [-0.3, -0.25) is 0 Å². The predicted molar refractivity (Wildman–Crippen MR) is 87.4 cm³/mol. The Morgan fingerprint density at radius 2 is 1.95 bits per heavy atom. The molecule has 2 atom stereocenters. The minimum Gasteiger partial charge on any atom is -0.496 e. The maximum atomic E-state index is 12.8. The van der Waals surface area contributed by atoms with Crippen LogP contribution in [0.15, 0.2) is 64.4 Å². The van der Waals surface area contributed by atoms with Crippen molar-refractivity contribution in [1.29, 1.82) is 0 Å². The smallest absolute Gasteiger partial charge is 0.121 e. The Balaban J connectivity index is 1.90. The summed E-state index contributed by atoms with van der Waals surface area (Å²) in [6.45, 7) is 2.48. The Kier molecular flexibility index (Phi) is 4.41. The molecule has 1 aliphatic heterocycles. The van der Waals surface area contributed by atoms with E-state index in [1.54, 1.807) is 7.11 Å². The van der Waals surface area contributed by atoms with E-state index in [4.69, 9.17) is 9.47 Å². The number of hydrogen-bond acceptors (Lipinski definition) is 3. The molecular weight excluding hydrogens is 296 g/mol. The van der Waals surface area contributed by atoms with Gasteiger partial charge in [0.25, 0.3) is 0 Å². The van der Waals surface area contributed by atoms with Gasteiger partial charge in [-0.15, -0.1) is 0 Å². The molecule has 0 aliphatic carbocycles. The molecule has 0 fully saturated rings. The second-order valence-electron chi connectivity index (χ2n) is 5.13. The Morgan fingerprint density at radius 1 is 1.18 bits per heavy atom. The second-order valence-corrected chi connectivity index (χ2v) is 6.61. The van der Waals surface area contributed by atoms with Crippen LogP contribution in [0.1, 0.15) is 17.2 Å². The van der Waals surface area contributed by atoms with E-state index in [0.717, 1.165) is 26.7 Å². The SMILES string of the molecule is COc1ccc([C@H]2OCC=C2S(=O)c2ccccc2)cc1C. The summed E-state index contributed by atoms with van der Waals surface area (Å²) >= 11 is 0. The molecule has 1 aliphatic rings. The molecule has 3 nitrogen and oxygen atoms in total. The first-order chi connectivity index (χ1) is 10.7. The fourth-order valence-corrected chi connectivity index (χ4v) is 3.89. The summed E-state index contributed by atoms with van der Waals surface area (Å²) in [4.78, 5) is 1.62. The van der Waals surface area contributed by atoms with Gasteiger partial charge in [0.15, 0.2) is 0 Å². The average molecular weight is 314 g/mol. The van der Waals surface area contributed by atoms with Crippen molar-refractivity contribution in [3.8, 4) is 5.75 Å². The van der Waals surface area contributed by atoms with Crippen molar-refractivity contribution in [1.82, 2.24) is 0 Å². The zero-order valence-corrected chi connectivity index (χ0v) is 13.4. The van der Waals surface area contributed by atoms with Crippen molar-refractivity contribution >= 4 is 10.8 Å². The van der Waals surface area contributed by atoms with Crippen LogP contribution in [-0.2, 0) is 15.5 Å². The molecule has 0 N–H and O–H groups in total. The Bertz CT molecular complexity index is 722. The first-order valence-electron chi connectivity index (χ1n) is 7.13. The molecule has 0 aromatic heterocycles. The highest BCUT2D eigenvalue weighted by Gasteiger charge is 2.27. The maximum Gasteiger partial charge on any atom is 0.121 e. The molecule has 3 rings (SSSR count). The zero-order chi connectivity index (χ0) is 15.5. The van der Waals surface area contributed by atoms with Gasteiger partial charge in [-0.25, -0.2) is 4.21 Å². The number of aryl methyl sites for hydroxylation is 1. The third-order valence-corrected chi connectivity index (χ3v) is 5.21. The Labute approximate surface area is 133 Å². The van der Waals surface area contributed by atoms with Gasteiger partial charge >= 0.3 is 0 Å². The van der Waals surface area contributed by atoms with Crippen LogP contribution in [0.2, 0.25) is 0 Å². The number of rotatable bonds is 4. The van der Waals surface area contributed by atoms with Gasteiger partial charge in [0.1, 0.15) is 11.9 Å². The molecule has 0 saturated heterocycles. The molecule has 2 aromatic rings. The molecular formula is C18H18O3S. The molecule has 1 unspecified atom stereocenters. The van der Waals surface area contributed by atoms with Gasteiger partial charge in [-0.2, -0.15) is 0 Å². The minimum absolute atomic E-state index is 0.259. The van der Waals surface area contributed by atoms with E-state index in [1.165, 1.54) is 0 Å². The van der Waals surface area contributed by atoms with Crippen LogP contribution in [0.3, 0.4) is 0 Å². The highest BCUT2D eigenvalue weighted by molar-refractivity contribution is 7.89. The van der Waals surface area contributed by atoms with Gasteiger partial charge < -0.3 is 9.47 Å². The monoisotopic (exact) mass is 314 g/mol. The van der Waals surface area contributed by atoms with Crippen molar-refractivity contribution in [2.24, 2.45) is 0 Å². The molecule has 114 valence electrons. The fraction of sp³-hybridized carbons (Fsp3) is 0.222. The molecule has 0 bridgehead atoms. The van der Waals surface area contributed by atoms with E-state index in [2.05, 4.69) is 0 Å². The summed E-state index contributed by atoms with van der Waals surface area (Å²) in [7, 11) is 0.458. The lowest BCUT2D eigenvalue weighted by Crippen LogP contribution is -2.06. The van der Waals surface area contributed by atoms with Crippen molar-refractivity contribution in [2.75, 3.05) is 13.7 Å². The van der Waals surface area contributed by atoms with Crippen molar-refractivity contribution in [2.45, 2.75) is 17.9 Å². The second kappa shape index (κ2) is 6.46. The number of benzene rings is 2. The van der Waals surface area contributed by atoms with Crippen LogP contribution < -0.4 is 4.74 Å². The molecule has 2 aromatic carbocycles. The van der Waals surface area contributed by atoms with E-state index < -0.39 is 10.8 Å². The standard InChI is InChI=1S/C18H18O3S/c1-13-12-14(8-9-16(13)20-2)18-17(10-11-21-18)22(19)15-6-4-3-5-7-15/h3-10,12,18H,11H2,1-2H3/t18-,22?/m1/s1. The van der Waals surface area contributed by atoms with Crippen molar-refractivity contribution in [3.63, 3.8) is 0 Å². The van der Waals surface area contributed by atoms with Crippen LogP contribution in [0.25, 0.3) is 0 Å². The van der Waals surface area contributed by atoms with Gasteiger partial charge in [-0.1, -0.05) is 24.3 Å². The topological polar surface area (TPSA) is 35.5 Å². The summed E-state index contributed by atoms with van der Waals surface area (Å²) in [5.41, 5.74) is 2.05. The van der Waals surface area contributed by atoms with Gasteiger partial charge in [-0.05, 0) is 48.4 Å². The lowest BCUT2D eigenvalue weighted by atomic mass is 10.1. The maximum absolute atomic E-state index is 12.8. The summed E-state index contributed by atoms with van der Waals surface area (Å²) < 4.78 is 23.9. The van der Waals surface area contributed by atoms with E-state index in [-0.39, 0.29) is 6.10 Å². The van der Waals surface area contributed by atoms with Crippen LogP contribution >= 0.6 is 0 Å². The molecule has 0 amide bonds. The van der Waals surface area contributed by atoms with Gasteiger partial charge in [0.05, 0.1) is 29.4 Å². The normalized spacial score (nSPS) is 18.8. The molecule has 4 heteroatoms. The molecule has 1 heterocycles. The van der Waals surface area contributed by atoms with Crippen molar-refractivity contribution in [3.05, 3.63) is 70.6 Å². The van der Waals surface area contributed by atoms with Crippen molar-refractivity contribution < 1.29 is 13.7 Å². The Hall–Kier alpha value is -1.91. The first kappa shape index (κ1) is 15.0. The zero-order valence-electron chi connectivity index (χ0n) is 12.6. The predicted octanol–water partition coefficient (Wildman–Crippen LogP) is 3.77. The average Bonchev–Trinajstić information content (AvgIpc) is 3.04. The third kappa shape index (κ3) is 2.85. The van der Waals surface area contributed by atoms with E-state index in [9.17, 15) is 4.21 Å². The van der Waals surface area contributed by atoms with Crippen LogP contribution in [-0.4, -0.2) is 17.9 Å². The highest BCUT2D eigenvalue weighted by atomic mass is 32.2. The molecule has 22 heavy (non-hydrogen) atoms. The molecule has 0 spiro atoms. The summed E-state index contributed by atoms with van der Waals surface area (Å²) in [6, 6.07) is 15.4. The molecule has 0 saturated carbocycles. The Morgan fingerprint density at radius 3 is 2.64 bits per heavy atom. The molecule has 0 radical (unpaired) electrons. The van der Waals surface area contributed by atoms with Gasteiger partial charge in [0, 0.05) is 4.90 Å². The third-order valence-electron chi connectivity index (χ3n) is 3.70. The number of hydrogen-bond donors (Lipinski definition) is 0. The van der Waals surface area contributed by atoms with E-state index >= 15 is 0 Å². The van der Waals surface area contributed by atoms with Crippen LogP contribution in [0, 0.1) is 6.92 Å². The van der Waals surface area contributed by atoms with Gasteiger partial charge in [0.2, 0.25) is 0 Å². The van der Waals surface area contributed by atoms with E-state index in [1.807, 2.05) is 61.5 Å². The van der Waals surface area contributed by atoms with Crippen LogP contribution in [0.4, 0.5) is 0 Å².